The van der Waals surface area contributed by atoms with E-state index in [9.17, 15) is 4.79 Å². The number of ether oxygens (including phenoxy) is 3. The van der Waals surface area contributed by atoms with E-state index >= 15 is 0 Å². The van der Waals surface area contributed by atoms with Crippen LogP contribution in [0, 0.1) is 0 Å². The Labute approximate surface area is 95.1 Å². The zero-order valence-electron chi connectivity index (χ0n) is 9.73. The van der Waals surface area contributed by atoms with Crippen molar-refractivity contribution in [2.75, 3.05) is 20.8 Å². The van der Waals surface area contributed by atoms with Crippen LogP contribution in [0.4, 0.5) is 0 Å². The van der Waals surface area contributed by atoms with E-state index in [2.05, 4.69) is 0 Å². The molecule has 0 heterocycles. The third-order valence-electron chi connectivity index (χ3n) is 2.09. The Morgan fingerprint density at radius 2 is 2.00 bits per heavy atom. The number of hydrogen-bond acceptors (Lipinski definition) is 4. The van der Waals surface area contributed by atoms with Gasteiger partial charge in [0.25, 0.3) is 0 Å². The van der Waals surface area contributed by atoms with Gasteiger partial charge < -0.3 is 14.2 Å². The standard InChI is InChI=1S/C12H16O4/c1-9(13)10-6-4-5-7-11(10)16-12(15-3)8-14-2/h4-7,12H,8H2,1-3H3. The maximum atomic E-state index is 11.3. The maximum Gasteiger partial charge on any atom is 0.223 e. The van der Waals surface area contributed by atoms with Gasteiger partial charge in [0.05, 0.1) is 5.56 Å². The first-order chi connectivity index (χ1) is 7.69. The molecule has 0 fully saturated rings. The van der Waals surface area contributed by atoms with Crippen LogP contribution in [0.25, 0.3) is 0 Å². The molecule has 0 aliphatic heterocycles. The minimum absolute atomic E-state index is 0.0390. The van der Waals surface area contributed by atoms with Gasteiger partial charge in [-0.05, 0) is 19.1 Å². The number of hydrogen-bond donors (Lipinski definition) is 0. The quantitative estimate of drug-likeness (QED) is 0.546. The summed E-state index contributed by atoms with van der Waals surface area (Å²) in [5.41, 5.74) is 0.542. The van der Waals surface area contributed by atoms with Crippen LogP contribution in [-0.4, -0.2) is 32.9 Å². The molecule has 1 atom stereocenters. The zero-order valence-corrected chi connectivity index (χ0v) is 9.73. The van der Waals surface area contributed by atoms with Crippen LogP contribution in [0.5, 0.6) is 5.75 Å². The van der Waals surface area contributed by atoms with Crippen LogP contribution in [0.15, 0.2) is 24.3 Å². The lowest BCUT2D eigenvalue weighted by atomic mass is 10.1. The largest absolute Gasteiger partial charge is 0.462 e. The third-order valence-corrected chi connectivity index (χ3v) is 2.09. The van der Waals surface area contributed by atoms with Gasteiger partial charge in [-0.1, -0.05) is 12.1 Å². The first kappa shape index (κ1) is 12.7. The molecular weight excluding hydrogens is 208 g/mol. The fourth-order valence-corrected chi connectivity index (χ4v) is 1.29. The average molecular weight is 224 g/mol. The summed E-state index contributed by atoms with van der Waals surface area (Å²) in [4.78, 5) is 11.3. The molecule has 0 aliphatic carbocycles. The lowest BCUT2D eigenvalue weighted by Crippen LogP contribution is -2.25. The van der Waals surface area contributed by atoms with Crippen LogP contribution in [0.2, 0.25) is 0 Å². The number of benzene rings is 1. The Hall–Kier alpha value is -1.39. The van der Waals surface area contributed by atoms with Gasteiger partial charge in [0.15, 0.2) is 5.78 Å². The molecule has 0 aliphatic rings. The Kier molecular flexibility index (Phi) is 4.95. The number of rotatable bonds is 6. The Morgan fingerprint density at radius 3 is 2.56 bits per heavy atom. The predicted octanol–water partition coefficient (Wildman–Crippen LogP) is 1.89. The molecule has 1 unspecified atom stereocenters. The molecule has 0 bridgehead atoms. The highest BCUT2D eigenvalue weighted by Gasteiger charge is 2.13. The maximum absolute atomic E-state index is 11.3. The molecule has 0 saturated heterocycles. The number of carbonyl (C=O) groups excluding carboxylic acids is 1. The van der Waals surface area contributed by atoms with E-state index in [0.717, 1.165) is 0 Å². The zero-order chi connectivity index (χ0) is 12.0. The molecule has 16 heavy (non-hydrogen) atoms. The van der Waals surface area contributed by atoms with Crippen LogP contribution in [0.3, 0.4) is 0 Å². The van der Waals surface area contributed by atoms with Gasteiger partial charge in [-0.2, -0.15) is 0 Å². The molecule has 88 valence electrons. The minimum Gasteiger partial charge on any atom is -0.462 e. The summed E-state index contributed by atoms with van der Waals surface area (Å²) in [5, 5.41) is 0. The fourth-order valence-electron chi connectivity index (χ4n) is 1.29. The van der Waals surface area contributed by atoms with Crippen LogP contribution in [0.1, 0.15) is 17.3 Å². The van der Waals surface area contributed by atoms with Gasteiger partial charge in [0, 0.05) is 14.2 Å². The van der Waals surface area contributed by atoms with E-state index < -0.39 is 6.29 Å². The van der Waals surface area contributed by atoms with Gasteiger partial charge in [-0.25, -0.2) is 0 Å². The number of carbonyl (C=O) groups is 1. The molecule has 0 N–H and O–H groups in total. The number of Topliss-reactive ketones (excluding diaryl/α,β-unsaturated/α-hetero) is 1. The van der Waals surface area contributed by atoms with E-state index in [1.807, 2.05) is 0 Å². The summed E-state index contributed by atoms with van der Waals surface area (Å²) in [6.07, 6.45) is -0.509. The number of para-hydroxylation sites is 1. The molecule has 0 amide bonds. The lowest BCUT2D eigenvalue weighted by Gasteiger charge is -2.17. The van der Waals surface area contributed by atoms with Crippen molar-refractivity contribution >= 4 is 5.78 Å². The van der Waals surface area contributed by atoms with Crippen molar-refractivity contribution in [1.29, 1.82) is 0 Å². The predicted molar refractivity (Wildman–Crippen MR) is 59.7 cm³/mol. The van der Waals surface area contributed by atoms with E-state index in [0.29, 0.717) is 17.9 Å². The number of ketones is 1. The molecule has 4 heteroatoms. The van der Waals surface area contributed by atoms with Crippen molar-refractivity contribution in [3.8, 4) is 5.75 Å². The molecule has 0 aromatic heterocycles. The molecule has 1 aromatic carbocycles. The summed E-state index contributed by atoms with van der Waals surface area (Å²) in [6.45, 7) is 1.81. The summed E-state index contributed by atoms with van der Waals surface area (Å²) in [6, 6.07) is 7.05. The normalized spacial score (nSPS) is 12.2. The highest BCUT2D eigenvalue weighted by Crippen LogP contribution is 2.19. The van der Waals surface area contributed by atoms with Crippen molar-refractivity contribution in [3.63, 3.8) is 0 Å². The first-order valence-corrected chi connectivity index (χ1v) is 4.97. The summed E-state index contributed by atoms with van der Waals surface area (Å²) < 4.78 is 15.5. The molecule has 1 rings (SSSR count). The lowest BCUT2D eigenvalue weighted by molar-refractivity contribution is -0.0933. The first-order valence-electron chi connectivity index (χ1n) is 4.97. The Morgan fingerprint density at radius 1 is 1.31 bits per heavy atom. The van der Waals surface area contributed by atoms with Gasteiger partial charge in [0.2, 0.25) is 6.29 Å². The van der Waals surface area contributed by atoms with E-state index in [-0.39, 0.29) is 5.78 Å². The van der Waals surface area contributed by atoms with Crippen LogP contribution >= 0.6 is 0 Å². The fraction of sp³-hybridized carbons (Fsp3) is 0.417. The second-order valence-electron chi connectivity index (χ2n) is 3.29. The molecule has 4 nitrogen and oxygen atoms in total. The van der Waals surface area contributed by atoms with Gasteiger partial charge in [-0.3, -0.25) is 4.79 Å². The van der Waals surface area contributed by atoms with Crippen molar-refractivity contribution in [3.05, 3.63) is 29.8 Å². The molecular formula is C12H16O4. The molecule has 1 aromatic rings. The monoisotopic (exact) mass is 224 g/mol. The topological polar surface area (TPSA) is 44.8 Å². The van der Waals surface area contributed by atoms with Crippen molar-refractivity contribution < 1.29 is 19.0 Å². The Bertz CT molecular complexity index is 349. The summed E-state index contributed by atoms with van der Waals surface area (Å²) in [7, 11) is 3.09. The third kappa shape index (κ3) is 3.32. The minimum atomic E-state index is -0.509. The van der Waals surface area contributed by atoms with E-state index in [4.69, 9.17) is 14.2 Å². The molecule has 0 saturated carbocycles. The van der Waals surface area contributed by atoms with E-state index in [1.165, 1.54) is 14.0 Å². The number of methoxy groups -OCH3 is 2. The van der Waals surface area contributed by atoms with Crippen molar-refractivity contribution in [2.45, 2.75) is 13.2 Å². The summed E-state index contributed by atoms with van der Waals surface area (Å²) >= 11 is 0. The summed E-state index contributed by atoms with van der Waals surface area (Å²) in [5.74, 6) is 0.474. The van der Waals surface area contributed by atoms with E-state index in [1.54, 1.807) is 31.4 Å². The highest BCUT2D eigenvalue weighted by molar-refractivity contribution is 5.96. The Balaban J connectivity index is 2.82. The van der Waals surface area contributed by atoms with Crippen LogP contribution < -0.4 is 4.74 Å². The van der Waals surface area contributed by atoms with Gasteiger partial charge in [0.1, 0.15) is 12.4 Å². The highest BCUT2D eigenvalue weighted by atomic mass is 16.7. The van der Waals surface area contributed by atoms with Crippen LogP contribution in [-0.2, 0) is 9.47 Å². The van der Waals surface area contributed by atoms with Crippen molar-refractivity contribution in [2.24, 2.45) is 0 Å². The SMILES string of the molecule is COCC(OC)Oc1ccccc1C(C)=O. The van der Waals surface area contributed by atoms with Gasteiger partial charge in [-0.15, -0.1) is 0 Å². The van der Waals surface area contributed by atoms with Gasteiger partial charge >= 0.3 is 0 Å². The second-order valence-corrected chi connectivity index (χ2v) is 3.29. The molecule has 0 radical (unpaired) electrons. The van der Waals surface area contributed by atoms with Crippen molar-refractivity contribution in [1.82, 2.24) is 0 Å². The second kappa shape index (κ2) is 6.25. The molecule has 0 spiro atoms. The smallest absolute Gasteiger partial charge is 0.223 e. The average Bonchev–Trinajstić information content (AvgIpc) is 2.29.